The van der Waals surface area contributed by atoms with Gasteiger partial charge in [-0.1, -0.05) is 22.0 Å². The SMILES string of the molecule is Cc1nc(C)n(-c2ccc(CBr)cc2F)n1. The molecule has 0 N–H and O–H groups in total. The molecule has 2 aromatic rings. The molecule has 0 amide bonds. The van der Waals surface area contributed by atoms with Gasteiger partial charge in [-0.2, -0.15) is 5.10 Å². The minimum absolute atomic E-state index is 0.287. The van der Waals surface area contributed by atoms with Gasteiger partial charge in [0, 0.05) is 5.33 Å². The molecule has 1 aromatic carbocycles. The topological polar surface area (TPSA) is 30.7 Å². The largest absolute Gasteiger partial charge is 0.217 e. The molecule has 0 aliphatic carbocycles. The Morgan fingerprint density at radius 2 is 2.12 bits per heavy atom. The summed E-state index contributed by atoms with van der Waals surface area (Å²) in [5.74, 6) is 1.04. The first-order valence-electron chi connectivity index (χ1n) is 4.87. The van der Waals surface area contributed by atoms with E-state index in [4.69, 9.17) is 0 Å². The third-order valence-corrected chi connectivity index (χ3v) is 2.92. The summed E-state index contributed by atoms with van der Waals surface area (Å²) < 4.78 is 15.3. The number of benzene rings is 1. The maximum absolute atomic E-state index is 13.8. The van der Waals surface area contributed by atoms with Crippen LogP contribution in [-0.2, 0) is 5.33 Å². The average Bonchev–Trinajstić information content (AvgIpc) is 2.57. The standard InChI is InChI=1S/C11H11BrFN3/c1-7-14-8(2)16(15-7)11-4-3-9(6-12)5-10(11)13/h3-5H,6H2,1-2H3. The van der Waals surface area contributed by atoms with Crippen molar-refractivity contribution in [1.29, 1.82) is 0 Å². The molecule has 16 heavy (non-hydrogen) atoms. The van der Waals surface area contributed by atoms with Gasteiger partial charge in [0.1, 0.15) is 23.2 Å². The summed E-state index contributed by atoms with van der Waals surface area (Å²) >= 11 is 3.29. The highest BCUT2D eigenvalue weighted by molar-refractivity contribution is 9.08. The summed E-state index contributed by atoms with van der Waals surface area (Å²) in [4.78, 5) is 4.15. The van der Waals surface area contributed by atoms with Crippen LogP contribution in [0.15, 0.2) is 18.2 Å². The number of rotatable bonds is 2. The molecule has 1 heterocycles. The fraction of sp³-hybridized carbons (Fsp3) is 0.273. The van der Waals surface area contributed by atoms with E-state index in [0.29, 0.717) is 22.7 Å². The van der Waals surface area contributed by atoms with Crippen LogP contribution in [0.1, 0.15) is 17.2 Å². The Kier molecular flexibility index (Phi) is 3.05. The minimum atomic E-state index is -0.287. The van der Waals surface area contributed by atoms with Crippen LogP contribution in [0.4, 0.5) is 4.39 Å². The van der Waals surface area contributed by atoms with Crippen LogP contribution in [0.3, 0.4) is 0 Å². The van der Waals surface area contributed by atoms with Crippen molar-refractivity contribution in [2.45, 2.75) is 19.2 Å². The second-order valence-electron chi connectivity index (χ2n) is 3.54. The van der Waals surface area contributed by atoms with Crippen molar-refractivity contribution in [3.05, 3.63) is 41.2 Å². The zero-order chi connectivity index (χ0) is 11.7. The zero-order valence-corrected chi connectivity index (χ0v) is 10.6. The first-order valence-corrected chi connectivity index (χ1v) is 5.99. The van der Waals surface area contributed by atoms with E-state index in [1.165, 1.54) is 10.7 Å². The van der Waals surface area contributed by atoms with Gasteiger partial charge in [-0.25, -0.2) is 14.1 Å². The number of hydrogen-bond acceptors (Lipinski definition) is 2. The van der Waals surface area contributed by atoms with Crippen molar-refractivity contribution in [3.8, 4) is 5.69 Å². The predicted octanol–water partition coefficient (Wildman–Crippen LogP) is 2.92. The molecule has 1 aromatic heterocycles. The molecule has 0 aliphatic heterocycles. The lowest BCUT2D eigenvalue weighted by atomic mass is 10.2. The maximum atomic E-state index is 13.8. The first-order chi connectivity index (χ1) is 7.61. The Balaban J connectivity index is 2.52. The molecule has 0 fully saturated rings. The van der Waals surface area contributed by atoms with Crippen LogP contribution >= 0.6 is 15.9 Å². The van der Waals surface area contributed by atoms with Crippen molar-refractivity contribution in [2.24, 2.45) is 0 Å². The fourth-order valence-electron chi connectivity index (χ4n) is 1.55. The number of halogens is 2. The molecular weight excluding hydrogens is 273 g/mol. The number of aromatic nitrogens is 3. The summed E-state index contributed by atoms with van der Waals surface area (Å²) in [6.07, 6.45) is 0. The normalized spacial score (nSPS) is 10.8. The Bertz CT molecular complexity index is 522. The van der Waals surface area contributed by atoms with Crippen LogP contribution in [0, 0.1) is 19.7 Å². The van der Waals surface area contributed by atoms with Crippen LogP contribution in [0.5, 0.6) is 0 Å². The summed E-state index contributed by atoms with van der Waals surface area (Å²) in [6.45, 7) is 3.59. The summed E-state index contributed by atoms with van der Waals surface area (Å²) in [7, 11) is 0. The highest BCUT2D eigenvalue weighted by Crippen LogP contribution is 2.17. The van der Waals surface area contributed by atoms with Gasteiger partial charge >= 0.3 is 0 Å². The van der Waals surface area contributed by atoms with Crippen molar-refractivity contribution in [3.63, 3.8) is 0 Å². The maximum Gasteiger partial charge on any atom is 0.149 e. The molecule has 2 rings (SSSR count). The third kappa shape index (κ3) is 2.00. The highest BCUT2D eigenvalue weighted by Gasteiger charge is 2.10. The Labute approximate surface area is 101 Å². The smallest absolute Gasteiger partial charge is 0.149 e. The third-order valence-electron chi connectivity index (χ3n) is 2.27. The number of nitrogens with zero attached hydrogens (tertiary/aromatic N) is 3. The van der Waals surface area contributed by atoms with Crippen LogP contribution in [0.2, 0.25) is 0 Å². The second kappa shape index (κ2) is 4.33. The summed E-state index contributed by atoms with van der Waals surface area (Å²) in [5, 5.41) is 4.79. The number of alkyl halides is 1. The number of aryl methyl sites for hydroxylation is 2. The Morgan fingerprint density at radius 1 is 1.38 bits per heavy atom. The molecule has 3 nitrogen and oxygen atoms in total. The molecule has 5 heteroatoms. The summed E-state index contributed by atoms with van der Waals surface area (Å²) in [6, 6.07) is 5.08. The van der Waals surface area contributed by atoms with Crippen molar-refractivity contribution in [1.82, 2.24) is 14.8 Å². The second-order valence-corrected chi connectivity index (χ2v) is 4.10. The van der Waals surface area contributed by atoms with Crippen LogP contribution in [0.25, 0.3) is 5.69 Å². The predicted molar refractivity (Wildman–Crippen MR) is 63.4 cm³/mol. The van der Waals surface area contributed by atoms with E-state index in [2.05, 4.69) is 26.0 Å². The molecule has 0 radical (unpaired) electrons. The lowest BCUT2D eigenvalue weighted by Crippen LogP contribution is -2.02. The fourth-order valence-corrected chi connectivity index (χ4v) is 1.90. The van der Waals surface area contributed by atoms with Gasteiger partial charge in [-0.05, 0) is 31.5 Å². The number of hydrogen-bond donors (Lipinski definition) is 0. The van der Waals surface area contributed by atoms with Crippen molar-refractivity contribution in [2.75, 3.05) is 0 Å². The molecule has 0 aliphatic rings. The van der Waals surface area contributed by atoms with Crippen LogP contribution in [-0.4, -0.2) is 14.8 Å². The monoisotopic (exact) mass is 283 g/mol. The molecule has 0 atom stereocenters. The average molecular weight is 284 g/mol. The highest BCUT2D eigenvalue weighted by atomic mass is 79.9. The molecular formula is C11H11BrFN3. The van der Waals surface area contributed by atoms with Gasteiger partial charge < -0.3 is 0 Å². The van der Waals surface area contributed by atoms with Gasteiger partial charge in [0.05, 0.1) is 0 Å². The van der Waals surface area contributed by atoms with Gasteiger partial charge in [0.2, 0.25) is 0 Å². The quantitative estimate of drug-likeness (QED) is 0.794. The molecule has 0 bridgehead atoms. The summed E-state index contributed by atoms with van der Waals surface area (Å²) in [5.41, 5.74) is 1.33. The Morgan fingerprint density at radius 3 is 2.62 bits per heavy atom. The molecule has 0 unspecified atom stereocenters. The van der Waals surface area contributed by atoms with E-state index in [1.807, 2.05) is 6.07 Å². The lowest BCUT2D eigenvalue weighted by Gasteiger charge is -2.05. The van der Waals surface area contributed by atoms with Crippen molar-refractivity contribution >= 4 is 15.9 Å². The van der Waals surface area contributed by atoms with E-state index in [0.717, 1.165) is 5.56 Å². The molecule has 0 spiro atoms. The van der Waals surface area contributed by atoms with Gasteiger partial charge in [0.25, 0.3) is 0 Å². The first kappa shape index (κ1) is 11.3. The van der Waals surface area contributed by atoms with E-state index in [-0.39, 0.29) is 5.82 Å². The Hall–Kier alpha value is -1.23. The van der Waals surface area contributed by atoms with E-state index in [1.54, 1.807) is 19.9 Å². The van der Waals surface area contributed by atoms with Gasteiger partial charge in [-0.15, -0.1) is 0 Å². The molecule has 84 valence electrons. The van der Waals surface area contributed by atoms with E-state index < -0.39 is 0 Å². The zero-order valence-electron chi connectivity index (χ0n) is 9.04. The van der Waals surface area contributed by atoms with Crippen molar-refractivity contribution < 1.29 is 4.39 Å². The van der Waals surface area contributed by atoms with Gasteiger partial charge in [0.15, 0.2) is 0 Å². The van der Waals surface area contributed by atoms with Crippen LogP contribution < -0.4 is 0 Å². The van der Waals surface area contributed by atoms with E-state index in [9.17, 15) is 4.39 Å². The minimum Gasteiger partial charge on any atom is -0.217 e. The van der Waals surface area contributed by atoms with E-state index >= 15 is 0 Å². The molecule has 0 saturated heterocycles. The van der Waals surface area contributed by atoms with Gasteiger partial charge in [-0.3, -0.25) is 0 Å². The molecule has 0 saturated carbocycles. The lowest BCUT2D eigenvalue weighted by molar-refractivity contribution is 0.606.